The third-order valence-electron chi connectivity index (χ3n) is 1.79. The van der Waals surface area contributed by atoms with Crippen molar-refractivity contribution in [2.24, 2.45) is 0 Å². The fraction of sp³-hybridized carbons (Fsp3) is 0.444. The van der Waals surface area contributed by atoms with Gasteiger partial charge < -0.3 is 4.74 Å². The van der Waals surface area contributed by atoms with Crippen molar-refractivity contribution in [2.75, 3.05) is 19.8 Å². The molecule has 0 aliphatic rings. The molecule has 5 nitrogen and oxygen atoms in total. The van der Waals surface area contributed by atoms with Gasteiger partial charge in [0.15, 0.2) is 0 Å². The topological polar surface area (TPSA) is 68.3 Å². The van der Waals surface area contributed by atoms with Gasteiger partial charge in [0, 0.05) is 23.4 Å². The van der Waals surface area contributed by atoms with Crippen molar-refractivity contribution in [1.82, 2.24) is 9.71 Å². The highest BCUT2D eigenvalue weighted by Crippen LogP contribution is 2.15. The summed E-state index contributed by atoms with van der Waals surface area (Å²) < 4.78 is 65.5. The standard InChI is InChI=1S/C9H10BrF3N2O3S/c10-7-3-8(5-14-4-7)19(16,17)15-1-2-18-6-9(11,12)13/h3-5,15H,1-2,6H2. The van der Waals surface area contributed by atoms with E-state index in [0.29, 0.717) is 4.47 Å². The molecule has 0 atom stereocenters. The molecular formula is C9H10BrF3N2O3S. The predicted molar refractivity (Wildman–Crippen MR) is 64.0 cm³/mol. The molecule has 0 spiro atoms. The first kappa shape index (κ1) is 16.3. The van der Waals surface area contributed by atoms with Crippen molar-refractivity contribution in [2.45, 2.75) is 11.1 Å². The minimum Gasteiger partial charge on any atom is -0.371 e. The van der Waals surface area contributed by atoms with Gasteiger partial charge in [0.1, 0.15) is 11.5 Å². The molecule has 10 heteroatoms. The van der Waals surface area contributed by atoms with Crippen molar-refractivity contribution < 1.29 is 26.3 Å². The molecule has 1 heterocycles. The van der Waals surface area contributed by atoms with Crippen molar-refractivity contribution in [3.8, 4) is 0 Å². The minimum atomic E-state index is -4.42. The summed E-state index contributed by atoms with van der Waals surface area (Å²) in [5, 5.41) is 0. The van der Waals surface area contributed by atoms with Gasteiger partial charge in [-0.15, -0.1) is 0 Å². The fourth-order valence-electron chi connectivity index (χ4n) is 1.06. The van der Waals surface area contributed by atoms with Crippen molar-refractivity contribution in [1.29, 1.82) is 0 Å². The molecule has 19 heavy (non-hydrogen) atoms. The number of sulfonamides is 1. The molecule has 1 rings (SSSR count). The first-order chi connectivity index (χ1) is 8.71. The Morgan fingerprint density at radius 3 is 2.63 bits per heavy atom. The van der Waals surface area contributed by atoms with Gasteiger partial charge >= 0.3 is 6.18 Å². The van der Waals surface area contributed by atoms with Gasteiger partial charge in [-0.3, -0.25) is 4.98 Å². The number of pyridine rings is 1. The van der Waals surface area contributed by atoms with E-state index in [1.54, 1.807) is 0 Å². The Morgan fingerprint density at radius 1 is 1.37 bits per heavy atom. The molecule has 0 saturated heterocycles. The summed E-state index contributed by atoms with van der Waals surface area (Å²) in [6.07, 6.45) is -1.89. The van der Waals surface area contributed by atoms with E-state index in [-0.39, 0.29) is 18.0 Å². The molecule has 0 fully saturated rings. The number of hydrogen-bond donors (Lipinski definition) is 1. The van der Waals surface area contributed by atoms with Gasteiger partial charge in [-0.05, 0) is 22.0 Å². The summed E-state index contributed by atoms with van der Waals surface area (Å²) in [6, 6.07) is 1.33. The van der Waals surface area contributed by atoms with E-state index in [4.69, 9.17) is 0 Å². The van der Waals surface area contributed by atoms with Crippen LogP contribution in [0.15, 0.2) is 27.8 Å². The van der Waals surface area contributed by atoms with Crippen molar-refractivity contribution in [3.63, 3.8) is 0 Å². The van der Waals surface area contributed by atoms with Crippen LogP contribution in [0.4, 0.5) is 13.2 Å². The van der Waals surface area contributed by atoms with Gasteiger partial charge in [-0.25, -0.2) is 13.1 Å². The van der Waals surface area contributed by atoms with E-state index in [2.05, 4.69) is 30.4 Å². The second-order valence-electron chi connectivity index (χ2n) is 3.40. The van der Waals surface area contributed by atoms with Gasteiger partial charge in [0.25, 0.3) is 0 Å². The van der Waals surface area contributed by atoms with Gasteiger partial charge in [0.2, 0.25) is 10.0 Å². The van der Waals surface area contributed by atoms with Crippen LogP contribution < -0.4 is 4.72 Å². The molecular weight excluding hydrogens is 353 g/mol. The van der Waals surface area contributed by atoms with Crippen LogP contribution in [0, 0.1) is 0 Å². The van der Waals surface area contributed by atoms with E-state index in [1.165, 1.54) is 12.3 Å². The second-order valence-corrected chi connectivity index (χ2v) is 6.09. The number of nitrogens with one attached hydrogen (secondary N) is 1. The maximum absolute atomic E-state index is 11.7. The molecule has 0 unspecified atom stereocenters. The van der Waals surface area contributed by atoms with Gasteiger partial charge in [-0.2, -0.15) is 13.2 Å². The Morgan fingerprint density at radius 2 is 2.05 bits per heavy atom. The molecule has 0 bridgehead atoms. The lowest BCUT2D eigenvalue weighted by atomic mass is 10.5. The molecule has 1 N–H and O–H groups in total. The largest absolute Gasteiger partial charge is 0.411 e. The third kappa shape index (κ3) is 6.32. The molecule has 0 aliphatic heterocycles. The maximum atomic E-state index is 11.7. The normalized spacial score (nSPS) is 12.6. The summed E-state index contributed by atoms with van der Waals surface area (Å²) in [4.78, 5) is 3.60. The average Bonchev–Trinajstić information content (AvgIpc) is 2.27. The zero-order chi connectivity index (χ0) is 14.5. The number of nitrogens with zero attached hydrogens (tertiary/aromatic N) is 1. The molecule has 0 amide bonds. The minimum absolute atomic E-state index is 0.0855. The summed E-state index contributed by atoms with van der Waals surface area (Å²) in [5.41, 5.74) is 0. The number of hydrogen-bond acceptors (Lipinski definition) is 4. The van der Waals surface area contributed by atoms with E-state index in [9.17, 15) is 21.6 Å². The first-order valence-corrected chi connectivity index (χ1v) is 7.23. The van der Waals surface area contributed by atoms with Gasteiger partial charge in [-0.1, -0.05) is 0 Å². The molecule has 0 saturated carbocycles. The quantitative estimate of drug-likeness (QED) is 0.782. The number of halogens is 4. The van der Waals surface area contributed by atoms with Crippen LogP contribution >= 0.6 is 15.9 Å². The zero-order valence-electron chi connectivity index (χ0n) is 9.45. The summed E-state index contributed by atoms with van der Waals surface area (Å²) in [6.45, 7) is -2.04. The van der Waals surface area contributed by atoms with Crippen LogP contribution in [0.3, 0.4) is 0 Å². The Hall–Kier alpha value is -0.710. The monoisotopic (exact) mass is 362 g/mol. The Kier molecular flexibility index (Phi) is 5.71. The lowest BCUT2D eigenvalue weighted by Gasteiger charge is -2.09. The number of aromatic nitrogens is 1. The Balaban J connectivity index is 2.44. The van der Waals surface area contributed by atoms with Crippen LogP contribution in [0.1, 0.15) is 0 Å². The highest BCUT2D eigenvalue weighted by Gasteiger charge is 2.27. The van der Waals surface area contributed by atoms with Gasteiger partial charge in [0.05, 0.1) is 6.61 Å². The van der Waals surface area contributed by atoms with E-state index in [0.717, 1.165) is 6.20 Å². The third-order valence-corrected chi connectivity index (χ3v) is 3.66. The highest BCUT2D eigenvalue weighted by atomic mass is 79.9. The highest BCUT2D eigenvalue weighted by molar-refractivity contribution is 9.10. The van der Waals surface area contributed by atoms with Crippen LogP contribution in [-0.4, -0.2) is 39.3 Å². The molecule has 1 aromatic heterocycles. The molecule has 0 radical (unpaired) electrons. The van der Waals surface area contributed by atoms with Crippen LogP contribution in [0.5, 0.6) is 0 Å². The summed E-state index contributed by atoms with van der Waals surface area (Å²) >= 11 is 3.07. The number of alkyl halides is 3. The Bertz CT molecular complexity index is 522. The number of rotatable bonds is 6. The summed E-state index contributed by atoms with van der Waals surface area (Å²) in [5.74, 6) is 0. The van der Waals surface area contributed by atoms with E-state index < -0.39 is 22.8 Å². The van der Waals surface area contributed by atoms with Crippen molar-refractivity contribution in [3.05, 3.63) is 22.9 Å². The zero-order valence-corrected chi connectivity index (χ0v) is 11.8. The van der Waals surface area contributed by atoms with E-state index >= 15 is 0 Å². The van der Waals surface area contributed by atoms with Crippen LogP contribution in [-0.2, 0) is 14.8 Å². The van der Waals surface area contributed by atoms with Crippen molar-refractivity contribution >= 4 is 26.0 Å². The smallest absolute Gasteiger partial charge is 0.371 e. The lowest BCUT2D eigenvalue weighted by Crippen LogP contribution is -2.29. The van der Waals surface area contributed by atoms with Crippen LogP contribution in [0.2, 0.25) is 0 Å². The van der Waals surface area contributed by atoms with E-state index in [1.807, 2.05) is 0 Å². The SMILES string of the molecule is O=S(=O)(NCCOCC(F)(F)F)c1cncc(Br)c1. The molecule has 0 aromatic carbocycles. The molecule has 1 aromatic rings. The predicted octanol–water partition coefficient (Wildman–Crippen LogP) is 1.70. The number of ether oxygens (including phenoxy) is 1. The molecule has 0 aliphatic carbocycles. The second kappa shape index (κ2) is 6.64. The lowest BCUT2D eigenvalue weighted by molar-refractivity contribution is -0.173. The fourth-order valence-corrected chi connectivity index (χ4v) is 2.58. The van der Waals surface area contributed by atoms with Crippen LogP contribution in [0.25, 0.3) is 0 Å². The summed E-state index contributed by atoms with van der Waals surface area (Å²) in [7, 11) is -3.80. The molecule has 108 valence electrons. The maximum Gasteiger partial charge on any atom is 0.411 e. The first-order valence-electron chi connectivity index (χ1n) is 4.95. The Labute approximate surface area is 116 Å². The average molecular weight is 363 g/mol.